The van der Waals surface area contributed by atoms with Crippen molar-refractivity contribution in [2.45, 2.75) is 25.8 Å². The van der Waals surface area contributed by atoms with Gasteiger partial charge in [-0.2, -0.15) is 0 Å². The summed E-state index contributed by atoms with van der Waals surface area (Å²) in [6.45, 7) is 4.04. The van der Waals surface area contributed by atoms with Gasteiger partial charge in [0, 0.05) is 35.4 Å². The van der Waals surface area contributed by atoms with E-state index in [9.17, 15) is 10.1 Å². The number of nitro groups is 1. The van der Waals surface area contributed by atoms with Crippen molar-refractivity contribution in [3.8, 4) is 0 Å². The minimum absolute atomic E-state index is 0.0226. The Labute approximate surface area is 150 Å². The van der Waals surface area contributed by atoms with Gasteiger partial charge in [-0.25, -0.2) is 0 Å². The van der Waals surface area contributed by atoms with Crippen LogP contribution in [0.3, 0.4) is 0 Å². The van der Waals surface area contributed by atoms with Crippen LogP contribution in [0.2, 0.25) is 0 Å². The van der Waals surface area contributed by atoms with Gasteiger partial charge in [-0.3, -0.25) is 10.1 Å². The van der Waals surface area contributed by atoms with Gasteiger partial charge in [0.25, 0.3) is 5.69 Å². The minimum atomic E-state index is -0.329. The molecule has 5 nitrogen and oxygen atoms in total. The fourth-order valence-corrected chi connectivity index (χ4v) is 3.30. The van der Waals surface area contributed by atoms with Gasteiger partial charge in [0.15, 0.2) is 0 Å². The minimum Gasteiger partial charge on any atom is -0.373 e. The first kappa shape index (κ1) is 16.8. The van der Waals surface area contributed by atoms with Crippen LogP contribution in [0.4, 0.5) is 17.1 Å². The molecular weight excluding hydrogens is 370 g/mol. The van der Waals surface area contributed by atoms with Crippen LogP contribution in [-0.4, -0.2) is 18.0 Å². The van der Waals surface area contributed by atoms with Crippen LogP contribution in [0.15, 0.2) is 46.9 Å². The van der Waals surface area contributed by atoms with Crippen molar-refractivity contribution in [2.75, 3.05) is 23.3 Å². The summed E-state index contributed by atoms with van der Waals surface area (Å²) < 4.78 is 1.01. The second-order valence-electron chi connectivity index (χ2n) is 6.07. The number of hydrogen-bond donors (Lipinski definition) is 1. The van der Waals surface area contributed by atoms with Crippen LogP contribution in [0.5, 0.6) is 0 Å². The Morgan fingerprint density at radius 3 is 2.46 bits per heavy atom. The molecule has 126 valence electrons. The first-order valence-electron chi connectivity index (χ1n) is 8.10. The smallest absolute Gasteiger partial charge is 0.292 e. The normalized spacial score (nSPS) is 15.3. The molecule has 2 aromatic rings. The van der Waals surface area contributed by atoms with Gasteiger partial charge in [0.2, 0.25) is 0 Å². The van der Waals surface area contributed by atoms with Crippen LogP contribution < -0.4 is 10.2 Å². The summed E-state index contributed by atoms with van der Waals surface area (Å²) in [4.78, 5) is 13.3. The Bertz CT molecular complexity index is 728. The molecule has 24 heavy (non-hydrogen) atoms. The number of benzene rings is 2. The second-order valence-corrected chi connectivity index (χ2v) is 6.99. The molecule has 0 aliphatic carbocycles. The molecule has 1 N–H and O–H groups in total. The van der Waals surface area contributed by atoms with Crippen LogP contribution in [0, 0.1) is 10.1 Å². The lowest BCUT2D eigenvalue weighted by Crippen LogP contribution is -2.18. The molecule has 3 rings (SSSR count). The van der Waals surface area contributed by atoms with Gasteiger partial charge in [-0.15, -0.1) is 0 Å². The molecular formula is C18H20BrN3O2. The lowest BCUT2D eigenvalue weighted by atomic mass is 10.1. The molecule has 0 unspecified atom stereocenters. The second kappa shape index (κ2) is 7.21. The number of rotatable bonds is 5. The van der Waals surface area contributed by atoms with Gasteiger partial charge in [0.1, 0.15) is 5.69 Å². The third-order valence-corrected chi connectivity index (χ3v) is 4.92. The van der Waals surface area contributed by atoms with Crippen molar-refractivity contribution in [3.05, 3.63) is 62.6 Å². The number of nitro benzene ring substituents is 1. The van der Waals surface area contributed by atoms with E-state index in [0.29, 0.717) is 5.69 Å². The monoisotopic (exact) mass is 389 g/mol. The van der Waals surface area contributed by atoms with E-state index in [1.165, 1.54) is 12.8 Å². The van der Waals surface area contributed by atoms with Crippen LogP contribution in [0.1, 0.15) is 31.4 Å². The predicted octanol–water partition coefficient (Wildman–Crippen LogP) is 5.13. The van der Waals surface area contributed by atoms with Gasteiger partial charge in [-0.05, 0) is 49.6 Å². The number of halogens is 1. The number of anilines is 2. The Morgan fingerprint density at radius 2 is 1.83 bits per heavy atom. The molecule has 2 aromatic carbocycles. The maximum absolute atomic E-state index is 11.4. The highest BCUT2D eigenvalue weighted by atomic mass is 79.9. The van der Waals surface area contributed by atoms with Crippen molar-refractivity contribution in [3.63, 3.8) is 0 Å². The quantitative estimate of drug-likeness (QED) is 0.568. The molecule has 0 saturated carbocycles. The van der Waals surface area contributed by atoms with Gasteiger partial charge >= 0.3 is 0 Å². The highest BCUT2D eigenvalue weighted by Gasteiger charge is 2.20. The highest BCUT2D eigenvalue weighted by Crippen LogP contribution is 2.33. The first-order valence-corrected chi connectivity index (χ1v) is 8.89. The molecule has 1 aliphatic rings. The van der Waals surface area contributed by atoms with E-state index in [1.807, 2.05) is 43.3 Å². The van der Waals surface area contributed by atoms with Crippen molar-refractivity contribution in [2.24, 2.45) is 0 Å². The highest BCUT2D eigenvalue weighted by molar-refractivity contribution is 9.10. The molecule has 0 amide bonds. The molecule has 1 atom stereocenters. The molecule has 6 heteroatoms. The zero-order valence-corrected chi connectivity index (χ0v) is 15.1. The van der Waals surface area contributed by atoms with E-state index < -0.39 is 0 Å². The van der Waals surface area contributed by atoms with Gasteiger partial charge in [-0.1, -0.05) is 28.1 Å². The molecule has 0 aromatic heterocycles. The lowest BCUT2D eigenvalue weighted by molar-refractivity contribution is -0.384. The molecule has 1 aliphatic heterocycles. The van der Waals surface area contributed by atoms with E-state index in [0.717, 1.165) is 28.8 Å². The van der Waals surface area contributed by atoms with Gasteiger partial charge < -0.3 is 10.2 Å². The number of nitrogens with zero attached hydrogens (tertiary/aromatic N) is 2. The molecule has 0 spiro atoms. The summed E-state index contributed by atoms with van der Waals surface area (Å²) in [6.07, 6.45) is 2.35. The molecule has 1 heterocycles. The fraction of sp³-hybridized carbons (Fsp3) is 0.333. The average molecular weight is 390 g/mol. The Morgan fingerprint density at radius 1 is 1.17 bits per heavy atom. The summed E-state index contributed by atoms with van der Waals surface area (Å²) in [5.74, 6) is 0. The molecule has 1 fully saturated rings. The SMILES string of the molecule is C[C@@H](Nc1cc(N2CCCC2)ccc1[N+](=O)[O-])c1ccc(Br)cc1. The molecule has 1 saturated heterocycles. The lowest BCUT2D eigenvalue weighted by Gasteiger charge is -2.21. The standard InChI is InChI=1S/C18H20BrN3O2/c1-13(14-4-6-15(19)7-5-14)20-17-12-16(21-10-2-3-11-21)8-9-18(17)22(23)24/h4-9,12-13,20H,2-3,10-11H2,1H3/t13-/m1/s1. The maximum Gasteiger partial charge on any atom is 0.292 e. The van der Waals surface area contributed by atoms with Crippen molar-refractivity contribution in [1.29, 1.82) is 0 Å². The summed E-state index contributed by atoms with van der Waals surface area (Å²) in [6, 6.07) is 13.3. The van der Waals surface area contributed by atoms with Crippen LogP contribution in [0.25, 0.3) is 0 Å². The Kier molecular flexibility index (Phi) is 5.04. The van der Waals surface area contributed by atoms with Crippen LogP contribution in [-0.2, 0) is 0 Å². The predicted molar refractivity (Wildman–Crippen MR) is 101 cm³/mol. The molecule has 0 radical (unpaired) electrons. The summed E-state index contributed by atoms with van der Waals surface area (Å²) in [5.41, 5.74) is 2.81. The Balaban J connectivity index is 1.87. The Hall–Kier alpha value is -2.08. The summed E-state index contributed by atoms with van der Waals surface area (Å²) >= 11 is 3.42. The van der Waals surface area contributed by atoms with Crippen molar-refractivity contribution in [1.82, 2.24) is 0 Å². The molecule has 0 bridgehead atoms. The summed E-state index contributed by atoms with van der Waals surface area (Å²) in [7, 11) is 0. The largest absolute Gasteiger partial charge is 0.373 e. The van der Waals surface area contributed by atoms with E-state index in [-0.39, 0.29) is 16.7 Å². The zero-order valence-electron chi connectivity index (χ0n) is 13.5. The number of nitrogens with one attached hydrogen (secondary N) is 1. The van der Waals surface area contributed by atoms with E-state index in [1.54, 1.807) is 6.07 Å². The maximum atomic E-state index is 11.4. The topological polar surface area (TPSA) is 58.4 Å². The van der Waals surface area contributed by atoms with Crippen LogP contribution >= 0.6 is 15.9 Å². The fourth-order valence-electron chi connectivity index (χ4n) is 3.04. The van der Waals surface area contributed by atoms with E-state index in [4.69, 9.17) is 0 Å². The third kappa shape index (κ3) is 3.70. The van der Waals surface area contributed by atoms with E-state index in [2.05, 4.69) is 26.1 Å². The van der Waals surface area contributed by atoms with E-state index >= 15 is 0 Å². The number of hydrogen-bond acceptors (Lipinski definition) is 4. The van der Waals surface area contributed by atoms with Gasteiger partial charge in [0.05, 0.1) is 4.92 Å². The van der Waals surface area contributed by atoms with Crippen molar-refractivity contribution >= 4 is 33.0 Å². The summed E-state index contributed by atoms with van der Waals surface area (Å²) in [5, 5.41) is 14.7. The zero-order chi connectivity index (χ0) is 17.1. The third-order valence-electron chi connectivity index (χ3n) is 4.39. The van der Waals surface area contributed by atoms with Crippen molar-refractivity contribution < 1.29 is 4.92 Å². The first-order chi connectivity index (χ1) is 11.5. The average Bonchev–Trinajstić information content (AvgIpc) is 3.09.